The van der Waals surface area contributed by atoms with Gasteiger partial charge in [-0.1, -0.05) is 11.3 Å². The average molecular weight is 393 g/mol. The second-order valence-corrected chi connectivity index (χ2v) is 9.41. The molecule has 0 bridgehead atoms. The van der Waals surface area contributed by atoms with Crippen molar-refractivity contribution in [1.82, 2.24) is 15.5 Å². The van der Waals surface area contributed by atoms with Crippen LogP contribution in [-0.4, -0.2) is 45.4 Å². The Kier molecular flexibility index (Phi) is 4.98. The highest BCUT2D eigenvalue weighted by Crippen LogP contribution is 2.36. The maximum absolute atomic E-state index is 14.3. The Bertz CT molecular complexity index is 849. The predicted octanol–water partition coefficient (Wildman–Crippen LogP) is 3.79. The summed E-state index contributed by atoms with van der Waals surface area (Å²) in [6.45, 7) is 8.78. The second kappa shape index (κ2) is 6.83. The number of aromatic nitrogens is 2. The Morgan fingerprint density at radius 1 is 1.26 bits per heavy atom. The highest BCUT2D eigenvalue weighted by molar-refractivity contribution is 7.18. The first-order valence-corrected chi connectivity index (χ1v) is 9.68. The first-order chi connectivity index (χ1) is 12.5. The van der Waals surface area contributed by atoms with Gasteiger partial charge in [-0.2, -0.15) is 0 Å². The molecular formula is C19H25FN4O2S. The van der Waals surface area contributed by atoms with Gasteiger partial charge in [-0.3, -0.25) is 0 Å². The molecule has 0 amide bonds. The summed E-state index contributed by atoms with van der Waals surface area (Å²) in [4.78, 5) is 13.1. The van der Waals surface area contributed by atoms with Gasteiger partial charge in [-0.25, -0.2) is 9.18 Å². The predicted molar refractivity (Wildman–Crippen MR) is 105 cm³/mol. The third kappa shape index (κ3) is 4.27. The zero-order valence-electron chi connectivity index (χ0n) is 16.2. The summed E-state index contributed by atoms with van der Waals surface area (Å²) in [5.74, 6) is -1.77. The lowest BCUT2D eigenvalue weighted by Crippen LogP contribution is -2.61. The van der Waals surface area contributed by atoms with Crippen LogP contribution < -0.4 is 10.2 Å². The molecule has 0 unspecified atom stereocenters. The first kappa shape index (κ1) is 19.7. The number of nitrogens with zero attached hydrogens (tertiary/aromatic N) is 3. The molecule has 0 saturated carbocycles. The largest absolute Gasteiger partial charge is 0.478 e. The number of aromatic carboxylic acids is 1. The van der Waals surface area contributed by atoms with Gasteiger partial charge in [-0.15, -0.1) is 10.2 Å². The molecule has 1 aromatic heterocycles. The van der Waals surface area contributed by atoms with Gasteiger partial charge in [0.2, 0.25) is 5.13 Å². The fourth-order valence-corrected chi connectivity index (χ4v) is 4.89. The summed E-state index contributed by atoms with van der Waals surface area (Å²) in [6.07, 6.45) is 1.92. The topological polar surface area (TPSA) is 78.4 Å². The molecule has 1 saturated heterocycles. The Morgan fingerprint density at radius 3 is 2.44 bits per heavy atom. The van der Waals surface area contributed by atoms with Crippen LogP contribution >= 0.6 is 11.3 Å². The molecule has 146 valence electrons. The van der Waals surface area contributed by atoms with E-state index >= 15 is 0 Å². The Hall–Kier alpha value is -2.06. The molecule has 1 aliphatic heterocycles. The van der Waals surface area contributed by atoms with E-state index in [1.165, 1.54) is 23.5 Å². The van der Waals surface area contributed by atoms with Gasteiger partial charge < -0.3 is 15.3 Å². The molecule has 0 radical (unpaired) electrons. The third-order valence-corrected chi connectivity index (χ3v) is 5.93. The smallest absolute Gasteiger partial charge is 0.335 e. The molecule has 27 heavy (non-hydrogen) atoms. The van der Waals surface area contributed by atoms with E-state index in [1.807, 2.05) is 7.05 Å². The minimum atomic E-state index is -1.16. The van der Waals surface area contributed by atoms with Gasteiger partial charge in [0.25, 0.3) is 0 Å². The van der Waals surface area contributed by atoms with Crippen LogP contribution in [0.5, 0.6) is 0 Å². The van der Waals surface area contributed by atoms with Crippen LogP contribution in [0.25, 0.3) is 10.6 Å². The maximum atomic E-state index is 14.3. The van der Waals surface area contributed by atoms with Crippen molar-refractivity contribution in [3.63, 3.8) is 0 Å². The Morgan fingerprint density at radius 2 is 1.89 bits per heavy atom. The number of carboxylic acids is 1. The molecule has 0 aliphatic carbocycles. The zero-order chi connectivity index (χ0) is 20.0. The number of rotatable bonds is 4. The van der Waals surface area contributed by atoms with Gasteiger partial charge >= 0.3 is 5.97 Å². The molecule has 1 fully saturated rings. The van der Waals surface area contributed by atoms with E-state index < -0.39 is 11.8 Å². The number of nitrogens with one attached hydrogen (secondary N) is 1. The summed E-state index contributed by atoms with van der Waals surface area (Å²) >= 11 is 1.31. The molecule has 3 rings (SSSR count). The number of hydrogen-bond donors (Lipinski definition) is 2. The summed E-state index contributed by atoms with van der Waals surface area (Å²) < 4.78 is 14.3. The highest BCUT2D eigenvalue weighted by atomic mass is 32.1. The molecule has 0 atom stereocenters. The van der Waals surface area contributed by atoms with Crippen molar-refractivity contribution in [2.75, 3.05) is 11.9 Å². The fourth-order valence-electron chi connectivity index (χ4n) is 3.99. The molecule has 6 nitrogen and oxygen atoms in total. The maximum Gasteiger partial charge on any atom is 0.335 e. The number of anilines is 1. The molecule has 1 aromatic carbocycles. The van der Waals surface area contributed by atoms with Crippen molar-refractivity contribution in [2.45, 2.75) is 57.7 Å². The van der Waals surface area contributed by atoms with Gasteiger partial charge in [0.15, 0.2) is 5.01 Å². The standard InChI is InChI=1S/C19H25FN4O2S/c1-18(2)9-12(10-19(3,4)23-18)24(5)17-22-21-15(27-17)13-7-6-11(16(25)26)8-14(13)20/h6-8,12,23H,9-10H2,1-5H3,(H,25,26). The van der Waals surface area contributed by atoms with Gasteiger partial charge in [0, 0.05) is 29.7 Å². The third-order valence-electron chi connectivity index (χ3n) is 4.88. The SMILES string of the molecule is CN(c1nnc(-c2ccc(C(=O)O)cc2F)s1)C1CC(C)(C)NC(C)(C)C1. The molecule has 2 aromatic rings. The Balaban J connectivity index is 1.84. The van der Waals surface area contributed by atoms with Crippen molar-refractivity contribution < 1.29 is 14.3 Å². The number of benzene rings is 1. The van der Waals surface area contributed by atoms with E-state index in [4.69, 9.17) is 5.11 Å². The van der Waals surface area contributed by atoms with E-state index in [0.29, 0.717) is 5.01 Å². The summed E-state index contributed by atoms with van der Waals surface area (Å²) in [5, 5.41) is 22.2. The van der Waals surface area contributed by atoms with Crippen molar-refractivity contribution >= 4 is 22.4 Å². The molecule has 8 heteroatoms. The van der Waals surface area contributed by atoms with Crippen molar-refractivity contribution in [2.24, 2.45) is 0 Å². The second-order valence-electron chi connectivity index (χ2n) is 8.46. The van der Waals surface area contributed by atoms with E-state index in [9.17, 15) is 9.18 Å². The van der Waals surface area contributed by atoms with Crippen LogP contribution in [0.1, 0.15) is 50.9 Å². The van der Waals surface area contributed by atoms with Crippen LogP contribution in [0, 0.1) is 5.82 Å². The summed E-state index contributed by atoms with van der Waals surface area (Å²) in [7, 11) is 2.00. The van der Waals surface area contributed by atoms with Crippen LogP contribution in [0.2, 0.25) is 0 Å². The molecule has 2 N–H and O–H groups in total. The first-order valence-electron chi connectivity index (χ1n) is 8.86. The number of carboxylic acid groups (broad SMARTS) is 1. The van der Waals surface area contributed by atoms with Crippen LogP contribution in [0.15, 0.2) is 18.2 Å². The molecule has 2 heterocycles. The minimum absolute atomic E-state index is 0.00691. The van der Waals surface area contributed by atoms with Crippen molar-refractivity contribution in [3.8, 4) is 10.6 Å². The van der Waals surface area contributed by atoms with Crippen molar-refractivity contribution in [3.05, 3.63) is 29.6 Å². The van der Waals surface area contributed by atoms with Gasteiger partial charge in [0.1, 0.15) is 5.82 Å². The normalized spacial score (nSPS) is 19.0. The molecular weight excluding hydrogens is 367 g/mol. The Labute approximate surface area is 162 Å². The number of hydrogen-bond acceptors (Lipinski definition) is 6. The van der Waals surface area contributed by atoms with Gasteiger partial charge in [-0.05, 0) is 58.7 Å². The van der Waals surface area contributed by atoms with Gasteiger partial charge in [0.05, 0.1) is 5.56 Å². The molecule has 0 spiro atoms. The number of carbonyl (C=O) groups is 1. The van der Waals surface area contributed by atoms with E-state index in [-0.39, 0.29) is 28.2 Å². The monoisotopic (exact) mass is 392 g/mol. The zero-order valence-corrected chi connectivity index (χ0v) is 17.0. The van der Waals surface area contributed by atoms with Crippen LogP contribution in [0.4, 0.5) is 9.52 Å². The quantitative estimate of drug-likeness (QED) is 0.824. The number of halogens is 1. The van der Waals surface area contributed by atoms with E-state index in [2.05, 4.69) is 48.1 Å². The fraction of sp³-hybridized carbons (Fsp3) is 0.526. The minimum Gasteiger partial charge on any atom is -0.478 e. The van der Waals surface area contributed by atoms with Crippen molar-refractivity contribution in [1.29, 1.82) is 0 Å². The summed E-state index contributed by atoms with van der Waals surface area (Å²) in [5.41, 5.74) is 0.195. The van der Waals surface area contributed by atoms with E-state index in [0.717, 1.165) is 24.0 Å². The van der Waals surface area contributed by atoms with E-state index in [1.54, 1.807) is 0 Å². The lowest BCUT2D eigenvalue weighted by molar-refractivity contribution is 0.0696. The number of piperidine rings is 1. The lowest BCUT2D eigenvalue weighted by Gasteiger charge is -2.48. The average Bonchev–Trinajstić information content (AvgIpc) is 3.00. The molecule has 1 aliphatic rings. The highest BCUT2D eigenvalue weighted by Gasteiger charge is 2.39. The lowest BCUT2D eigenvalue weighted by atomic mass is 9.79. The van der Waals surface area contributed by atoms with Crippen LogP contribution in [-0.2, 0) is 0 Å². The van der Waals surface area contributed by atoms with Crippen LogP contribution in [0.3, 0.4) is 0 Å². The summed E-state index contributed by atoms with van der Waals surface area (Å²) in [6, 6.07) is 4.13.